The molecule has 0 aliphatic carbocycles. The molecule has 126 valence electrons. The van der Waals surface area contributed by atoms with Gasteiger partial charge in [0.15, 0.2) is 6.61 Å². The summed E-state index contributed by atoms with van der Waals surface area (Å²) in [5.74, 6) is -0.778. The molecule has 0 atom stereocenters. The van der Waals surface area contributed by atoms with Gasteiger partial charge >= 0.3 is 5.97 Å². The molecule has 1 N–H and O–H groups in total. The van der Waals surface area contributed by atoms with Gasteiger partial charge in [0.25, 0.3) is 5.91 Å². The van der Waals surface area contributed by atoms with Crippen molar-refractivity contribution in [2.75, 3.05) is 17.7 Å². The molecule has 0 unspecified atom stereocenters. The van der Waals surface area contributed by atoms with Crippen LogP contribution in [0.25, 0.3) is 0 Å². The van der Waals surface area contributed by atoms with Crippen LogP contribution in [0.4, 0.5) is 5.69 Å². The predicted octanol–water partition coefficient (Wildman–Crippen LogP) is 4.68. The number of hydrogen-bond acceptors (Lipinski definition) is 4. The fourth-order valence-electron chi connectivity index (χ4n) is 1.79. The number of ether oxygens (including phenoxy) is 1. The fraction of sp³-hybridized carbons (Fsp3) is 0.176. The second-order valence-corrected chi connectivity index (χ2v) is 7.19. The molecule has 0 heterocycles. The minimum atomic E-state index is -0.474. The quantitative estimate of drug-likeness (QED) is 0.536. The number of hydrogen-bond donors (Lipinski definition) is 1. The van der Waals surface area contributed by atoms with Crippen LogP contribution in [-0.4, -0.2) is 24.2 Å². The minimum Gasteiger partial charge on any atom is -0.455 e. The Hall–Kier alpha value is -1.50. The molecule has 0 bridgehead atoms. The summed E-state index contributed by atoms with van der Waals surface area (Å²) >= 11 is 10.7. The summed E-state index contributed by atoms with van der Waals surface area (Å²) in [7, 11) is 0. The van der Waals surface area contributed by atoms with E-state index in [2.05, 4.69) is 21.2 Å². The van der Waals surface area contributed by atoms with Crippen LogP contribution in [0.15, 0.2) is 51.8 Å². The molecule has 0 aliphatic rings. The number of thioether (sulfide) groups is 1. The van der Waals surface area contributed by atoms with Gasteiger partial charge in [0.05, 0.1) is 16.5 Å². The van der Waals surface area contributed by atoms with Crippen LogP contribution in [0.2, 0.25) is 5.02 Å². The standard InChI is InChI=1S/C17H15BrClNO3S/c1-11-6-7-14(12(18)8-11)20-16(21)9-23-17(22)10-24-15-5-3-2-4-13(15)19/h2-8H,9-10H2,1H3,(H,20,21). The molecule has 2 aromatic rings. The Labute approximate surface area is 158 Å². The van der Waals surface area contributed by atoms with Crippen molar-refractivity contribution in [3.63, 3.8) is 0 Å². The number of benzene rings is 2. The highest BCUT2D eigenvalue weighted by atomic mass is 79.9. The maximum atomic E-state index is 11.8. The molecule has 0 aromatic heterocycles. The minimum absolute atomic E-state index is 0.0885. The van der Waals surface area contributed by atoms with E-state index < -0.39 is 11.9 Å². The first-order valence-electron chi connectivity index (χ1n) is 7.04. The lowest BCUT2D eigenvalue weighted by Crippen LogP contribution is -2.21. The largest absolute Gasteiger partial charge is 0.455 e. The molecule has 7 heteroatoms. The Morgan fingerprint density at radius 1 is 1.25 bits per heavy atom. The van der Waals surface area contributed by atoms with Gasteiger partial charge in [-0.15, -0.1) is 11.8 Å². The number of esters is 1. The highest BCUT2D eigenvalue weighted by Crippen LogP contribution is 2.26. The van der Waals surface area contributed by atoms with E-state index in [4.69, 9.17) is 16.3 Å². The van der Waals surface area contributed by atoms with Gasteiger partial charge in [0.2, 0.25) is 0 Å². The summed E-state index contributed by atoms with van der Waals surface area (Å²) in [4.78, 5) is 24.4. The Morgan fingerprint density at radius 3 is 2.71 bits per heavy atom. The number of rotatable bonds is 6. The summed E-state index contributed by atoms with van der Waals surface area (Å²) in [6, 6.07) is 12.8. The first-order valence-corrected chi connectivity index (χ1v) is 9.20. The smallest absolute Gasteiger partial charge is 0.316 e. The molecule has 0 spiro atoms. The lowest BCUT2D eigenvalue weighted by Gasteiger charge is -2.09. The van der Waals surface area contributed by atoms with E-state index in [0.717, 1.165) is 14.9 Å². The number of aryl methyl sites for hydroxylation is 1. The number of halogens is 2. The van der Waals surface area contributed by atoms with Crippen molar-refractivity contribution in [3.8, 4) is 0 Å². The second-order valence-electron chi connectivity index (χ2n) is 4.91. The molecular weight excluding hydrogens is 414 g/mol. The summed E-state index contributed by atoms with van der Waals surface area (Å²) in [5, 5.41) is 3.27. The summed E-state index contributed by atoms with van der Waals surface area (Å²) in [6.45, 7) is 1.62. The van der Waals surface area contributed by atoms with Crippen LogP contribution in [0.1, 0.15) is 5.56 Å². The average molecular weight is 429 g/mol. The molecule has 4 nitrogen and oxygen atoms in total. The van der Waals surface area contributed by atoms with Crippen LogP contribution in [0.3, 0.4) is 0 Å². The third-order valence-electron chi connectivity index (χ3n) is 2.95. The van der Waals surface area contributed by atoms with Crippen molar-refractivity contribution in [1.29, 1.82) is 0 Å². The van der Waals surface area contributed by atoms with E-state index in [0.29, 0.717) is 10.7 Å². The van der Waals surface area contributed by atoms with Gasteiger partial charge in [0, 0.05) is 9.37 Å². The molecule has 0 saturated carbocycles. The van der Waals surface area contributed by atoms with Crippen molar-refractivity contribution in [1.82, 2.24) is 0 Å². The predicted molar refractivity (Wildman–Crippen MR) is 101 cm³/mol. The third kappa shape index (κ3) is 5.85. The Balaban J connectivity index is 1.77. The van der Waals surface area contributed by atoms with Crippen molar-refractivity contribution >= 4 is 56.9 Å². The zero-order chi connectivity index (χ0) is 17.5. The lowest BCUT2D eigenvalue weighted by atomic mass is 10.2. The zero-order valence-electron chi connectivity index (χ0n) is 12.8. The zero-order valence-corrected chi connectivity index (χ0v) is 16.0. The number of amides is 1. The molecule has 0 radical (unpaired) electrons. The van der Waals surface area contributed by atoms with Crippen LogP contribution in [0, 0.1) is 6.92 Å². The third-order valence-corrected chi connectivity index (χ3v) is 5.09. The molecule has 0 aliphatic heterocycles. The van der Waals surface area contributed by atoms with Gasteiger partial charge in [0.1, 0.15) is 0 Å². The van der Waals surface area contributed by atoms with Crippen LogP contribution < -0.4 is 5.32 Å². The first kappa shape index (κ1) is 18.8. The highest BCUT2D eigenvalue weighted by Gasteiger charge is 2.11. The summed E-state index contributed by atoms with van der Waals surface area (Å²) < 4.78 is 5.75. The van der Waals surface area contributed by atoms with Crippen LogP contribution in [0.5, 0.6) is 0 Å². The molecule has 0 saturated heterocycles. The van der Waals surface area contributed by atoms with Crippen molar-refractivity contribution in [2.45, 2.75) is 11.8 Å². The second kappa shape index (κ2) is 9.11. The van der Waals surface area contributed by atoms with Gasteiger partial charge in [-0.25, -0.2) is 0 Å². The van der Waals surface area contributed by atoms with Crippen molar-refractivity contribution in [2.24, 2.45) is 0 Å². The highest BCUT2D eigenvalue weighted by molar-refractivity contribution is 9.10. The van der Waals surface area contributed by atoms with Gasteiger partial charge in [-0.2, -0.15) is 0 Å². The Kier molecular flexibility index (Phi) is 7.15. The average Bonchev–Trinajstić information content (AvgIpc) is 2.55. The molecule has 24 heavy (non-hydrogen) atoms. The number of carbonyl (C=O) groups excluding carboxylic acids is 2. The van der Waals surface area contributed by atoms with Gasteiger partial charge < -0.3 is 10.1 Å². The Bertz CT molecular complexity index is 754. The topological polar surface area (TPSA) is 55.4 Å². The SMILES string of the molecule is Cc1ccc(NC(=O)COC(=O)CSc2ccccc2Cl)c(Br)c1. The van der Waals surface area contributed by atoms with E-state index in [1.165, 1.54) is 11.8 Å². The van der Waals surface area contributed by atoms with E-state index in [1.807, 2.05) is 37.3 Å². The monoisotopic (exact) mass is 427 g/mol. The number of anilines is 1. The molecule has 1 amide bonds. The van der Waals surface area contributed by atoms with Gasteiger partial charge in [-0.1, -0.05) is 29.8 Å². The maximum absolute atomic E-state index is 11.8. The summed E-state index contributed by atoms with van der Waals surface area (Å²) in [5.41, 5.74) is 1.70. The van der Waals surface area contributed by atoms with E-state index in [9.17, 15) is 9.59 Å². The first-order chi connectivity index (χ1) is 11.5. The molecule has 2 rings (SSSR count). The van der Waals surface area contributed by atoms with Crippen molar-refractivity contribution in [3.05, 3.63) is 57.5 Å². The van der Waals surface area contributed by atoms with Crippen LogP contribution in [-0.2, 0) is 14.3 Å². The summed E-state index contributed by atoms with van der Waals surface area (Å²) in [6.07, 6.45) is 0. The lowest BCUT2D eigenvalue weighted by molar-refractivity contribution is -0.144. The van der Waals surface area contributed by atoms with E-state index in [-0.39, 0.29) is 12.4 Å². The normalized spacial score (nSPS) is 10.3. The van der Waals surface area contributed by atoms with Gasteiger partial charge in [-0.3, -0.25) is 9.59 Å². The van der Waals surface area contributed by atoms with E-state index >= 15 is 0 Å². The Morgan fingerprint density at radius 2 is 2.00 bits per heavy atom. The van der Waals surface area contributed by atoms with Crippen molar-refractivity contribution < 1.29 is 14.3 Å². The van der Waals surface area contributed by atoms with E-state index in [1.54, 1.807) is 12.1 Å². The maximum Gasteiger partial charge on any atom is 0.316 e. The molecule has 0 fully saturated rings. The van der Waals surface area contributed by atoms with Gasteiger partial charge in [-0.05, 0) is 52.7 Å². The fourth-order valence-corrected chi connectivity index (χ4v) is 3.42. The molecular formula is C17H15BrClNO3S. The number of nitrogens with one attached hydrogen (secondary N) is 1. The van der Waals surface area contributed by atoms with Crippen LogP contribution >= 0.6 is 39.3 Å². The number of carbonyl (C=O) groups is 2. The molecule has 2 aromatic carbocycles.